The van der Waals surface area contributed by atoms with Crippen LogP contribution in [0.15, 0.2) is 18.2 Å². The van der Waals surface area contributed by atoms with Gasteiger partial charge in [0.2, 0.25) is 5.91 Å². The molecule has 0 radical (unpaired) electrons. The monoisotopic (exact) mass is 291 g/mol. The Labute approximate surface area is 124 Å². The first-order valence-electron chi connectivity index (χ1n) is 7.15. The fourth-order valence-corrected chi connectivity index (χ4v) is 2.78. The van der Waals surface area contributed by atoms with Gasteiger partial charge in [-0.05, 0) is 43.4 Å². The second-order valence-corrected chi connectivity index (χ2v) is 5.59. The zero-order chi connectivity index (χ0) is 15.4. The largest absolute Gasteiger partial charge is 0.496 e. The minimum atomic E-state index is -0.769. The maximum Gasteiger partial charge on any atom is 0.306 e. The van der Waals surface area contributed by atoms with Gasteiger partial charge in [0.25, 0.3) is 0 Å². The van der Waals surface area contributed by atoms with E-state index in [1.54, 1.807) is 7.11 Å². The van der Waals surface area contributed by atoms with E-state index in [2.05, 4.69) is 5.32 Å². The van der Waals surface area contributed by atoms with Gasteiger partial charge >= 0.3 is 5.97 Å². The molecule has 1 aromatic carbocycles. The number of carbonyl (C=O) groups is 2. The number of aryl methyl sites for hydroxylation is 1. The van der Waals surface area contributed by atoms with Crippen LogP contribution in [-0.4, -0.2) is 30.1 Å². The van der Waals surface area contributed by atoms with Crippen molar-refractivity contribution in [1.82, 2.24) is 5.32 Å². The highest BCUT2D eigenvalue weighted by Crippen LogP contribution is 2.26. The van der Waals surface area contributed by atoms with Crippen LogP contribution in [0.3, 0.4) is 0 Å². The Morgan fingerprint density at radius 3 is 2.76 bits per heavy atom. The van der Waals surface area contributed by atoms with Crippen molar-refractivity contribution in [2.24, 2.45) is 5.92 Å². The van der Waals surface area contributed by atoms with E-state index in [0.717, 1.165) is 23.3 Å². The fraction of sp³-hybridized carbons (Fsp3) is 0.500. The summed E-state index contributed by atoms with van der Waals surface area (Å²) in [4.78, 5) is 22.9. The van der Waals surface area contributed by atoms with Gasteiger partial charge in [-0.1, -0.05) is 12.1 Å². The Morgan fingerprint density at radius 1 is 1.38 bits per heavy atom. The van der Waals surface area contributed by atoms with Gasteiger partial charge in [0.1, 0.15) is 5.75 Å². The minimum Gasteiger partial charge on any atom is -0.496 e. The van der Waals surface area contributed by atoms with Crippen molar-refractivity contribution in [2.45, 2.75) is 38.6 Å². The van der Waals surface area contributed by atoms with Gasteiger partial charge in [-0.2, -0.15) is 0 Å². The molecule has 0 unspecified atom stereocenters. The number of methoxy groups -OCH3 is 1. The normalized spacial score (nSPS) is 21.0. The molecule has 0 heterocycles. The van der Waals surface area contributed by atoms with Crippen molar-refractivity contribution >= 4 is 11.9 Å². The van der Waals surface area contributed by atoms with Crippen LogP contribution in [0.5, 0.6) is 5.75 Å². The lowest BCUT2D eigenvalue weighted by molar-refractivity contribution is -0.141. The molecule has 1 aliphatic carbocycles. The lowest BCUT2D eigenvalue weighted by Crippen LogP contribution is -2.34. The summed E-state index contributed by atoms with van der Waals surface area (Å²) in [6.07, 6.45) is 2.18. The number of nitrogens with one attached hydrogen (secondary N) is 1. The van der Waals surface area contributed by atoms with Gasteiger partial charge in [-0.25, -0.2) is 0 Å². The maximum absolute atomic E-state index is 12.0. The van der Waals surface area contributed by atoms with Crippen molar-refractivity contribution in [3.63, 3.8) is 0 Å². The molecule has 5 nitrogen and oxygen atoms in total. The van der Waals surface area contributed by atoms with Crippen LogP contribution in [-0.2, 0) is 16.0 Å². The molecule has 0 aromatic heterocycles. The van der Waals surface area contributed by atoms with E-state index in [1.165, 1.54) is 0 Å². The first-order valence-corrected chi connectivity index (χ1v) is 7.15. The first-order chi connectivity index (χ1) is 9.99. The summed E-state index contributed by atoms with van der Waals surface area (Å²) in [5.74, 6) is -0.395. The molecule has 1 aliphatic rings. The average molecular weight is 291 g/mol. The molecule has 1 fully saturated rings. The van der Waals surface area contributed by atoms with E-state index in [9.17, 15) is 9.59 Å². The number of carbonyl (C=O) groups excluding carboxylic acids is 1. The van der Waals surface area contributed by atoms with Crippen molar-refractivity contribution < 1.29 is 19.4 Å². The molecule has 0 bridgehead atoms. The number of carboxylic acids is 1. The van der Waals surface area contributed by atoms with Gasteiger partial charge in [0.15, 0.2) is 0 Å². The number of benzene rings is 1. The third-order valence-corrected chi connectivity index (χ3v) is 3.98. The molecule has 1 amide bonds. The first kappa shape index (κ1) is 15.4. The molecule has 0 saturated heterocycles. The summed E-state index contributed by atoms with van der Waals surface area (Å²) in [6.45, 7) is 1.95. The Balaban J connectivity index is 1.89. The number of hydrogen-bond acceptors (Lipinski definition) is 3. The zero-order valence-corrected chi connectivity index (χ0v) is 12.4. The molecule has 1 saturated carbocycles. The third-order valence-electron chi connectivity index (χ3n) is 3.98. The van der Waals surface area contributed by atoms with Crippen LogP contribution in [0.4, 0.5) is 0 Å². The molecule has 2 atom stereocenters. The molecule has 2 rings (SSSR count). The summed E-state index contributed by atoms with van der Waals surface area (Å²) < 4.78 is 5.24. The molecular formula is C16H21NO4. The van der Waals surface area contributed by atoms with E-state index in [0.29, 0.717) is 12.8 Å². The summed E-state index contributed by atoms with van der Waals surface area (Å²) in [6, 6.07) is 5.68. The predicted molar refractivity (Wildman–Crippen MR) is 78.3 cm³/mol. The Kier molecular flexibility index (Phi) is 4.83. The van der Waals surface area contributed by atoms with Crippen LogP contribution in [0.1, 0.15) is 30.4 Å². The van der Waals surface area contributed by atoms with Crippen molar-refractivity contribution in [3.05, 3.63) is 29.3 Å². The van der Waals surface area contributed by atoms with Crippen molar-refractivity contribution in [3.8, 4) is 5.75 Å². The quantitative estimate of drug-likeness (QED) is 0.869. The Morgan fingerprint density at radius 2 is 2.14 bits per heavy atom. The maximum atomic E-state index is 12.0. The Bertz CT molecular complexity index is 541. The number of carboxylic acid groups (broad SMARTS) is 1. The molecule has 2 N–H and O–H groups in total. The van der Waals surface area contributed by atoms with Gasteiger partial charge in [-0.3, -0.25) is 9.59 Å². The highest BCUT2D eigenvalue weighted by atomic mass is 16.5. The van der Waals surface area contributed by atoms with E-state index in [1.807, 2.05) is 25.1 Å². The van der Waals surface area contributed by atoms with E-state index in [-0.39, 0.29) is 24.3 Å². The number of hydrogen-bond donors (Lipinski definition) is 2. The average Bonchev–Trinajstić information content (AvgIpc) is 2.89. The summed E-state index contributed by atoms with van der Waals surface area (Å²) in [5.41, 5.74) is 1.92. The molecule has 1 aromatic rings. The fourth-order valence-electron chi connectivity index (χ4n) is 2.78. The highest BCUT2D eigenvalue weighted by Gasteiger charge is 2.30. The van der Waals surface area contributed by atoms with Gasteiger partial charge in [-0.15, -0.1) is 0 Å². The van der Waals surface area contributed by atoms with Gasteiger partial charge in [0, 0.05) is 6.04 Å². The lowest BCUT2D eigenvalue weighted by Gasteiger charge is -2.13. The standard InChI is InChI=1S/C16H21NO4/c1-10-3-4-11(7-14(10)21-2)8-15(18)17-13-6-5-12(9-13)16(19)20/h3-4,7,12-13H,5-6,8-9H2,1-2H3,(H,17,18)(H,19,20)/t12-,13+/m1/s1. The Hall–Kier alpha value is -2.04. The third kappa shape index (κ3) is 3.97. The topological polar surface area (TPSA) is 75.6 Å². The molecule has 0 aliphatic heterocycles. The summed E-state index contributed by atoms with van der Waals surface area (Å²) >= 11 is 0. The summed E-state index contributed by atoms with van der Waals surface area (Å²) in [7, 11) is 1.61. The minimum absolute atomic E-state index is 0.0223. The smallest absolute Gasteiger partial charge is 0.306 e. The van der Waals surface area contributed by atoms with Crippen LogP contribution >= 0.6 is 0 Å². The van der Waals surface area contributed by atoms with Crippen LogP contribution in [0.2, 0.25) is 0 Å². The SMILES string of the molecule is COc1cc(CC(=O)N[C@H]2CC[C@@H](C(=O)O)C2)ccc1C. The second kappa shape index (κ2) is 6.61. The molecule has 5 heteroatoms. The number of ether oxygens (including phenoxy) is 1. The number of amides is 1. The number of rotatable bonds is 5. The number of aliphatic carboxylic acids is 1. The van der Waals surface area contributed by atoms with Crippen molar-refractivity contribution in [1.29, 1.82) is 0 Å². The van der Waals surface area contributed by atoms with E-state index >= 15 is 0 Å². The van der Waals surface area contributed by atoms with Crippen LogP contribution < -0.4 is 10.1 Å². The zero-order valence-electron chi connectivity index (χ0n) is 12.4. The molecule has 0 spiro atoms. The lowest BCUT2D eigenvalue weighted by atomic mass is 10.1. The second-order valence-electron chi connectivity index (χ2n) is 5.59. The predicted octanol–water partition coefficient (Wildman–Crippen LogP) is 1.92. The molecule has 114 valence electrons. The van der Waals surface area contributed by atoms with Gasteiger partial charge in [0.05, 0.1) is 19.4 Å². The van der Waals surface area contributed by atoms with Gasteiger partial charge < -0.3 is 15.2 Å². The highest BCUT2D eigenvalue weighted by molar-refractivity contribution is 5.79. The van der Waals surface area contributed by atoms with Crippen molar-refractivity contribution in [2.75, 3.05) is 7.11 Å². The van der Waals surface area contributed by atoms with E-state index < -0.39 is 5.97 Å². The van der Waals surface area contributed by atoms with Crippen LogP contribution in [0, 0.1) is 12.8 Å². The van der Waals surface area contributed by atoms with Crippen LogP contribution in [0.25, 0.3) is 0 Å². The van der Waals surface area contributed by atoms with E-state index in [4.69, 9.17) is 9.84 Å². The molecular weight excluding hydrogens is 270 g/mol. The summed E-state index contributed by atoms with van der Waals surface area (Å²) in [5, 5.41) is 11.9. The molecule has 21 heavy (non-hydrogen) atoms.